The normalized spacial score (nSPS) is 22.5. The summed E-state index contributed by atoms with van der Waals surface area (Å²) in [4.78, 5) is 27.5. The summed E-state index contributed by atoms with van der Waals surface area (Å²) >= 11 is 6.01. The summed E-state index contributed by atoms with van der Waals surface area (Å²) in [6.45, 7) is 0. The first-order valence-electron chi connectivity index (χ1n) is 9.72. The summed E-state index contributed by atoms with van der Waals surface area (Å²) in [6.07, 6.45) is 8.22. The Bertz CT molecular complexity index is 889. The molecule has 1 aliphatic carbocycles. The van der Waals surface area contributed by atoms with Crippen LogP contribution in [0.2, 0.25) is 5.02 Å². The van der Waals surface area contributed by atoms with Gasteiger partial charge in [-0.2, -0.15) is 0 Å². The summed E-state index contributed by atoms with van der Waals surface area (Å²) < 4.78 is 0. The highest BCUT2D eigenvalue weighted by Gasteiger charge is 2.55. The highest BCUT2D eigenvalue weighted by atomic mass is 35.5. The summed E-state index contributed by atoms with van der Waals surface area (Å²) in [5.74, 6) is -0.178. The Labute approximate surface area is 170 Å². The topological polar surface area (TPSA) is 49.4 Å². The number of carbonyl (C=O) groups excluding carboxylic acids is 2. The highest BCUT2D eigenvalue weighted by Crippen LogP contribution is 2.40. The van der Waals surface area contributed by atoms with Crippen molar-refractivity contribution in [3.05, 3.63) is 71.3 Å². The van der Waals surface area contributed by atoms with Crippen molar-refractivity contribution in [2.75, 3.05) is 4.90 Å². The molecule has 144 valence electrons. The second-order valence-electron chi connectivity index (χ2n) is 7.51. The number of amides is 2. The standard InChI is InChI=1S/C23H23ClN2O2/c24-18-10-12-20(13-11-18)26-21(27)16-23(26,15-14-17-6-2-1-3-7-17)22(28)25-19-8-4-5-9-19/h1-3,6-7,10-15,19H,4-5,8-9,16H2,(H,25,28)/b15-14+/t23-/m0/s1. The van der Waals surface area contributed by atoms with E-state index in [9.17, 15) is 9.59 Å². The molecule has 0 bridgehead atoms. The van der Waals surface area contributed by atoms with Gasteiger partial charge in [-0.1, -0.05) is 60.9 Å². The van der Waals surface area contributed by atoms with Crippen molar-refractivity contribution < 1.29 is 9.59 Å². The molecule has 5 heteroatoms. The van der Waals surface area contributed by atoms with Gasteiger partial charge >= 0.3 is 0 Å². The number of anilines is 1. The summed E-state index contributed by atoms with van der Waals surface area (Å²) in [7, 11) is 0. The first-order valence-corrected chi connectivity index (χ1v) is 10.1. The first kappa shape index (κ1) is 18.8. The van der Waals surface area contributed by atoms with Crippen LogP contribution in [0, 0.1) is 0 Å². The van der Waals surface area contributed by atoms with Gasteiger partial charge in [0.1, 0.15) is 0 Å². The van der Waals surface area contributed by atoms with Gasteiger partial charge < -0.3 is 5.32 Å². The Morgan fingerprint density at radius 3 is 2.39 bits per heavy atom. The van der Waals surface area contributed by atoms with Gasteiger partial charge in [0.25, 0.3) is 5.91 Å². The fraction of sp³-hybridized carbons (Fsp3) is 0.304. The predicted octanol–water partition coefficient (Wildman–Crippen LogP) is 4.59. The van der Waals surface area contributed by atoms with Gasteiger partial charge in [-0.25, -0.2) is 0 Å². The lowest BCUT2D eigenvalue weighted by atomic mass is 9.80. The van der Waals surface area contributed by atoms with E-state index in [1.54, 1.807) is 29.2 Å². The minimum Gasteiger partial charge on any atom is -0.351 e. The summed E-state index contributed by atoms with van der Waals surface area (Å²) in [6, 6.07) is 17.1. The van der Waals surface area contributed by atoms with Gasteiger partial charge in [-0.3, -0.25) is 14.5 Å². The van der Waals surface area contributed by atoms with Crippen LogP contribution in [0.5, 0.6) is 0 Å². The zero-order valence-electron chi connectivity index (χ0n) is 15.6. The molecule has 0 unspecified atom stereocenters. The number of rotatable bonds is 5. The third kappa shape index (κ3) is 3.57. The second-order valence-corrected chi connectivity index (χ2v) is 7.94. The van der Waals surface area contributed by atoms with Gasteiger partial charge in [-0.15, -0.1) is 0 Å². The maximum Gasteiger partial charge on any atom is 0.251 e. The first-order chi connectivity index (χ1) is 13.6. The Morgan fingerprint density at radius 2 is 1.75 bits per heavy atom. The lowest BCUT2D eigenvalue weighted by Crippen LogP contribution is -2.70. The molecule has 2 aromatic carbocycles. The molecule has 4 nitrogen and oxygen atoms in total. The molecule has 28 heavy (non-hydrogen) atoms. The minimum absolute atomic E-state index is 0.0680. The van der Waals surface area contributed by atoms with E-state index in [2.05, 4.69) is 5.32 Å². The summed E-state index contributed by atoms with van der Waals surface area (Å²) in [5, 5.41) is 3.77. The predicted molar refractivity (Wildman–Crippen MR) is 112 cm³/mol. The van der Waals surface area contributed by atoms with Crippen LogP contribution in [0.25, 0.3) is 6.08 Å². The Kier molecular flexibility index (Phi) is 5.23. The van der Waals surface area contributed by atoms with Crippen molar-refractivity contribution in [3.63, 3.8) is 0 Å². The quantitative estimate of drug-likeness (QED) is 0.754. The maximum absolute atomic E-state index is 13.3. The molecular weight excluding hydrogens is 372 g/mol. The Balaban J connectivity index is 1.68. The molecular formula is C23H23ClN2O2. The van der Waals surface area contributed by atoms with Gasteiger partial charge in [0.2, 0.25) is 5.91 Å². The van der Waals surface area contributed by atoms with Gasteiger partial charge in [0.05, 0.1) is 6.42 Å². The number of carbonyl (C=O) groups is 2. The van der Waals surface area contributed by atoms with Crippen LogP contribution in [0.3, 0.4) is 0 Å². The van der Waals surface area contributed by atoms with E-state index in [1.165, 1.54) is 0 Å². The van der Waals surface area contributed by atoms with Crippen LogP contribution in [-0.2, 0) is 9.59 Å². The molecule has 1 N–H and O–H groups in total. The molecule has 1 atom stereocenters. The maximum atomic E-state index is 13.3. The molecule has 2 amide bonds. The lowest BCUT2D eigenvalue weighted by Gasteiger charge is -2.49. The van der Waals surface area contributed by atoms with E-state index >= 15 is 0 Å². The van der Waals surface area contributed by atoms with Crippen LogP contribution >= 0.6 is 11.6 Å². The number of nitrogens with one attached hydrogen (secondary N) is 1. The zero-order valence-corrected chi connectivity index (χ0v) is 16.4. The molecule has 1 saturated heterocycles. The SMILES string of the molecule is O=C1C[C@@](/C=C/c2ccccc2)(C(=O)NC2CCCC2)N1c1ccc(Cl)cc1. The zero-order chi connectivity index (χ0) is 19.6. The average Bonchev–Trinajstić information content (AvgIpc) is 3.20. The number of hydrogen-bond donors (Lipinski definition) is 1. The lowest BCUT2D eigenvalue weighted by molar-refractivity contribution is -0.137. The molecule has 0 aromatic heterocycles. The molecule has 0 spiro atoms. The van der Waals surface area contributed by atoms with Crippen LogP contribution in [0.15, 0.2) is 60.7 Å². The molecule has 2 aliphatic rings. The van der Waals surface area contributed by atoms with E-state index in [-0.39, 0.29) is 24.3 Å². The fourth-order valence-corrected chi connectivity index (χ4v) is 4.18. The van der Waals surface area contributed by atoms with Crippen molar-refractivity contribution in [3.8, 4) is 0 Å². The minimum atomic E-state index is -1.01. The van der Waals surface area contributed by atoms with Gasteiger partial charge in [-0.05, 0) is 48.7 Å². The second kappa shape index (κ2) is 7.80. The van der Waals surface area contributed by atoms with Crippen molar-refractivity contribution in [1.82, 2.24) is 5.32 Å². The molecule has 1 saturated carbocycles. The summed E-state index contributed by atoms with van der Waals surface area (Å²) in [5.41, 5.74) is 0.662. The molecule has 2 fully saturated rings. The van der Waals surface area contributed by atoms with E-state index in [0.717, 1.165) is 31.2 Å². The fourth-order valence-electron chi connectivity index (χ4n) is 4.05. The van der Waals surface area contributed by atoms with Crippen molar-refractivity contribution in [1.29, 1.82) is 0 Å². The van der Waals surface area contributed by atoms with Gasteiger partial charge in [0, 0.05) is 16.8 Å². The Morgan fingerprint density at radius 1 is 1.07 bits per heavy atom. The highest BCUT2D eigenvalue weighted by molar-refractivity contribution is 6.30. The number of nitrogens with zero attached hydrogens (tertiary/aromatic N) is 1. The molecule has 1 heterocycles. The number of β-lactam (4-membered cyclic amide) rings is 1. The molecule has 0 radical (unpaired) electrons. The molecule has 1 aliphatic heterocycles. The van der Waals surface area contributed by atoms with Crippen LogP contribution in [-0.4, -0.2) is 23.4 Å². The van der Waals surface area contributed by atoms with Crippen LogP contribution < -0.4 is 10.2 Å². The van der Waals surface area contributed by atoms with E-state index in [0.29, 0.717) is 10.7 Å². The number of halogens is 1. The average molecular weight is 395 g/mol. The largest absolute Gasteiger partial charge is 0.351 e. The van der Waals surface area contributed by atoms with Crippen molar-refractivity contribution >= 4 is 35.2 Å². The Hall–Kier alpha value is -2.59. The van der Waals surface area contributed by atoms with Crippen molar-refractivity contribution in [2.24, 2.45) is 0 Å². The van der Waals surface area contributed by atoms with E-state index in [4.69, 9.17) is 11.6 Å². The molecule has 2 aromatic rings. The number of hydrogen-bond acceptors (Lipinski definition) is 2. The third-order valence-electron chi connectivity index (χ3n) is 5.59. The molecule has 4 rings (SSSR count). The third-order valence-corrected chi connectivity index (χ3v) is 5.84. The van der Waals surface area contributed by atoms with E-state index in [1.807, 2.05) is 42.5 Å². The van der Waals surface area contributed by atoms with E-state index < -0.39 is 5.54 Å². The van der Waals surface area contributed by atoms with Crippen LogP contribution in [0.4, 0.5) is 5.69 Å². The van der Waals surface area contributed by atoms with Crippen LogP contribution in [0.1, 0.15) is 37.7 Å². The van der Waals surface area contributed by atoms with Crippen molar-refractivity contribution in [2.45, 2.75) is 43.7 Å². The number of benzene rings is 2. The monoisotopic (exact) mass is 394 g/mol. The smallest absolute Gasteiger partial charge is 0.251 e. The van der Waals surface area contributed by atoms with Gasteiger partial charge in [0.15, 0.2) is 5.54 Å².